The third kappa shape index (κ3) is 3.17. The van der Waals surface area contributed by atoms with E-state index in [0.29, 0.717) is 24.5 Å². The topological polar surface area (TPSA) is 75.4 Å². The lowest BCUT2D eigenvalue weighted by Gasteiger charge is -2.33. The molecule has 0 aliphatic carbocycles. The molecular formula is C14H18ClN3O2. The Labute approximate surface area is 123 Å². The Kier molecular flexibility index (Phi) is 4.75. The molecule has 1 aromatic rings. The Morgan fingerprint density at radius 3 is 2.80 bits per heavy atom. The van der Waals surface area contributed by atoms with Gasteiger partial charge in [-0.05, 0) is 23.6 Å². The minimum atomic E-state index is -0.294. The van der Waals surface area contributed by atoms with Gasteiger partial charge in [-0.25, -0.2) is 0 Å². The summed E-state index contributed by atoms with van der Waals surface area (Å²) < 4.78 is 0. The highest BCUT2D eigenvalue weighted by Gasteiger charge is 2.32. The van der Waals surface area contributed by atoms with E-state index < -0.39 is 0 Å². The highest BCUT2D eigenvalue weighted by Crippen LogP contribution is 2.22. The van der Waals surface area contributed by atoms with Crippen molar-refractivity contribution in [2.45, 2.75) is 32.5 Å². The first-order chi connectivity index (χ1) is 9.55. The van der Waals surface area contributed by atoms with Crippen LogP contribution < -0.4 is 11.1 Å². The number of nitrogens with zero attached hydrogens (tertiary/aromatic N) is 1. The van der Waals surface area contributed by atoms with Crippen molar-refractivity contribution >= 4 is 23.4 Å². The van der Waals surface area contributed by atoms with Crippen LogP contribution in [0.2, 0.25) is 5.02 Å². The van der Waals surface area contributed by atoms with Crippen LogP contribution in [0.5, 0.6) is 0 Å². The largest absolute Gasteiger partial charge is 0.326 e. The second kappa shape index (κ2) is 6.35. The van der Waals surface area contributed by atoms with Crippen LogP contribution in [-0.2, 0) is 22.7 Å². The molecule has 1 aliphatic heterocycles. The number of rotatable bonds is 4. The van der Waals surface area contributed by atoms with E-state index in [1.54, 1.807) is 0 Å². The summed E-state index contributed by atoms with van der Waals surface area (Å²) in [7, 11) is 0. The lowest BCUT2D eigenvalue weighted by atomic mass is 10.1. The summed E-state index contributed by atoms with van der Waals surface area (Å²) in [6.07, 6.45) is 0.650. The Bertz CT molecular complexity index is 533. The molecule has 1 aliphatic rings. The molecule has 0 radical (unpaired) electrons. The Morgan fingerprint density at radius 1 is 1.45 bits per heavy atom. The molecule has 0 bridgehead atoms. The first kappa shape index (κ1) is 15.0. The van der Waals surface area contributed by atoms with Crippen molar-refractivity contribution in [3.8, 4) is 0 Å². The maximum absolute atomic E-state index is 11.8. The van der Waals surface area contributed by atoms with Crippen LogP contribution in [0.4, 0.5) is 0 Å². The predicted octanol–water partition coefficient (Wildman–Crippen LogP) is 1.04. The number of nitrogens with one attached hydrogen (secondary N) is 1. The van der Waals surface area contributed by atoms with Gasteiger partial charge in [0.2, 0.25) is 11.8 Å². The standard InChI is InChI=1S/C14H18ClN3O2/c1-2-12-14(20)17-13(19)8-18(12)7-10-4-3-9(6-16)5-11(10)15/h3-5,12H,2,6-8,16H2,1H3,(H,17,19,20). The smallest absolute Gasteiger partial charge is 0.243 e. The van der Waals surface area contributed by atoms with Crippen LogP contribution in [0.25, 0.3) is 0 Å². The van der Waals surface area contributed by atoms with E-state index in [0.717, 1.165) is 11.1 Å². The second-order valence-corrected chi connectivity index (χ2v) is 5.28. The fraction of sp³-hybridized carbons (Fsp3) is 0.429. The number of carbonyl (C=O) groups is 2. The molecule has 5 nitrogen and oxygen atoms in total. The number of imide groups is 1. The Balaban J connectivity index is 2.18. The van der Waals surface area contributed by atoms with Gasteiger partial charge >= 0.3 is 0 Å². The molecule has 108 valence electrons. The van der Waals surface area contributed by atoms with Crippen LogP contribution in [0.15, 0.2) is 18.2 Å². The molecule has 1 aromatic carbocycles. The van der Waals surface area contributed by atoms with Crippen molar-refractivity contribution in [3.05, 3.63) is 34.3 Å². The molecule has 2 amide bonds. The number of hydrogen-bond donors (Lipinski definition) is 2. The van der Waals surface area contributed by atoms with Gasteiger partial charge in [0.25, 0.3) is 0 Å². The molecule has 1 heterocycles. The molecule has 1 atom stereocenters. The normalized spacial score (nSPS) is 20.1. The SMILES string of the molecule is CCC1C(=O)NC(=O)CN1Cc1ccc(CN)cc1Cl. The zero-order chi connectivity index (χ0) is 14.7. The first-order valence-electron chi connectivity index (χ1n) is 6.60. The summed E-state index contributed by atoms with van der Waals surface area (Å²) in [5, 5.41) is 2.97. The van der Waals surface area contributed by atoms with Gasteiger partial charge in [0.1, 0.15) is 0 Å². The lowest BCUT2D eigenvalue weighted by molar-refractivity contribution is -0.140. The number of nitrogens with two attached hydrogens (primary N) is 1. The van der Waals surface area contributed by atoms with Gasteiger partial charge in [0.15, 0.2) is 0 Å². The van der Waals surface area contributed by atoms with Crippen LogP contribution in [0.1, 0.15) is 24.5 Å². The van der Waals surface area contributed by atoms with Gasteiger partial charge in [0, 0.05) is 18.1 Å². The van der Waals surface area contributed by atoms with Gasteiger partial charge < -0.3 is 5.73 Å². The first-order valence-corrected chi connectivity index (χ1v) is 6.98. The van der Waals surface area contributed by atoms with E-state index in [9.17, 15) is 9.59 Å². The molecule has 1 saturated heterocycles. The van der Waals surface area contributed by atoms with Crippen LogP contribution >= 0.6 is 11.6 Å². The summed E-state index contributed by atoms with van der Waals surface area (Å²) in [6.45, 7) is 3.04. The van der Waals surface area contributed by atoms with Crippen molar-refractivity contribution in [3.63, 3.8) is 0 Å². The molecule has 6 heteroatoms. The minimum Gasteiger partial charge on any atom is -0.326 e. The minimum absolute atomic E-state index is 0.208. The van der Waals surface area contributed by atoms with E-state index in [-0.39, 0.29) is 24.4 Å². The Morgan fingerprint density at radius 2 is 2.20 bits per heavy atom. The lowest BCUT2D eigenvalue weighted by Crippen LogP contribution is -2.57. The van der Waals surface area contributed by atoms with Crippen molar-refractivity contribution in [2.75, 3.05) is 6.54 Å². The molecule has 3 N–H and O–H groups in total. The summed E-state index contributed by atoms with van der Waals surface area (Å²) in [6, 6.07) is 5.34. The van der Waals surface area contributed by atoms with Crippen LogP contribution in [-0.4, -0.2) is 29.3 Å². The molecule has 1 unspecified atom stereocenters. The van der Waals surface area contributed by atoms with E-state index >= 15 is 0 Å². The fourth-order valence-corrected chi connectivity index (χ4v) is 2.66. The number of carbonyl (C=O) groups excluding carboxylic acids is 2. The number of piperazine rings is 1. The van der Waals surface area contributed by atoms with E-state index in [4.69, 9.17) is 17.3 Å². The molecule has 2 rings (SSSR count). The van der Waals surface area contributed by atoms with Crippen LogP contribution in [0, 0.1) is 0 Å². The third-order valence-corrected chi connectivity index (χ3v) is 3.82. The van der Waals surface area contributed by atoms with Gasteiger partial charge in [-0.1, -0.05) is 30.7 Å². The summed E-state index contributed by atoms with van der Waals surface area (Å²) >= 11 is 6.22. The second-order valence-electron chi connectivity index (χ2n) is 4.87. The molecule has 1 fully saturated rings. The average molecular weight is 296 g/mol. The highest BCUT2D eigenvalue weighted by molar-refractivity contribution is 6.31. The van der Waals surface area contributed by atoms with E-state index in [1.807, 2.05) is 30.0 Å². The zero-order valence-corrected chi connectivity index (χ0v) is 12.1. The summed E-state index contributed by atoms with van der Waals surface area (Å²) in [5.74, 6) is -0.507. The summed E-state index contributed by atoms with van der Waals surface area (Å²) in [5.41, 5.74) is 7.42. The van der Waals surface area contributed by atoms with E-state index in [2.05, 4.69) is 5.32 Å². The molecular weight excluding hydrogens is 278 g/mol. The van der Waals surface area contributed by atoms with E-state index in [1.165, 1.54) is 0 Å². The number of hydrogen-bond acceptors (Lipinski definition) is 4. The van der Waals surface area contributed by atoms with Gasteiger partial charge in [-0.15, -0.1) is 0 Å². The average Bonchev–Trinajstić information content (AvgIpc) is 2.40. The maximum atomic E-state index is 11.8. The van der Waals surface area contributed by atoms with Crippen LogP contribution in [0.3, 0.4) is 0 Å². The van der Waals surface area contributed by atoms with Crippen molar-refractivity contribution in [1.29, 1.82) is 0 Å². The van der Waals surface area contributed by atoms with Crippen molar-refractivity contribution in [2.24, 2.45) is 5.73 Å². The molecule has 0 spiro atoms. The molecule has 0 saturated carbocycles. The van der Waals surface area contributed by atoms with Gasteiger partial charge in [-0.3, -0.25) is 19.8 Å². The zero-order valence-electron chi connectivity index (χ0n) is 11.4. The monoisotopic (exact) mass is 295 g/mol. The quantitative estimate of drug-likeness (QED) is 0.814. The van der Waals surface area contributed by atoms with Gasteiger partial charge in [0.05, 0.1) is 12.6 Å². The predicted molar refractivity (Wildman–Crippen MR) is 77.0 cm³/mol. The number of amides is 2. The molecule has 0 aromatic heterocycles. The number of halogens is 1. The molecule has 20 heavy (non-hydrogen) atoms. The number of benzene rings is 1. The third-order valence-electron chi connectivity index (χ3n) is 3.47. The highest BCUT2D eigenvalue weighted by atomic mass is 35.5. The maximum Gasteiger partial charge on any atom is 0.243 e. The van der Waals surface area contributed by atoms with Crippen molar-refractivity contribution < 1.29 is 9.59 Å². The Hall–Kier alpha value is -1.43. The van der Waals surface area contributed by atoms with Crippen molar-refractivity contribution in [1.82, 2.24) is 10.2 Å². The fourth-order valence-electron chi connectivity index (χ4n) is 2.40. The summed E-state index contributed by atoms with van der Waals surface area (Å²) in [4.78, 5) is 25.1. The van der Waals surface area contributed by atoms with Gasteiger partial charge in [-0.2, -0.15) is 0 Å².